The number of methoxy groups -OCH3 is 2. The Hall–Kier alpha value is -3.82. The van der Waals surface area contributed by atoms with Crippen LogP contribution in [0, 0.1) is 10.1 Å². The van der Waals surface area contributed by atoms with Gasteiger partial charge in [-0.15, -0.1) is 0 Å². The standard InChI is InChI=1S/C24H29N3O7/c1-32-21-9-6-17(14-22(21)33-2)10-11-25-23(28)16-34-24(29)18-7-8-19(20(15-18)27(30)31)26-12-4-3-5-13-26/h6-9,14-15H,3-5,10-13,16H2,1-2H3,(H,25,28). The molecule has 0 saturated carbocycles. The summed E-state index contributed by atoms with van der Waals surface area (Å²) >= 11 is 0. The van der Waals surface area contributed by atoms with Crippen molar-refractivity contribution >= 4 is 23.3 Å². The molecule has 10 heteroatoms. The molecule has 0 spiro atoms. The van der Waals surface area contributed by atoms with Gasteiger partial charge in [-0.05, 0) is 55.5 Å². The van der Waals surface area contributed by atoms with Gasteiger partial charge in [-0.3, -0.25) is 14.9 Å². The molecule has 1 heterocycles. The number of carbonyl (C=O) groups excluding carboxylic acids is 2. The van der Waals surface area contributed by atoms with Crippen LogP contribution in [-0.4, -0.2) is 57.3 Å². The number of esters is 1. The predicted molar refractivity (Wildman–Crippen MR) is 126 cm³/mol. The molecule has 34 heavy (non-hydrogen) atoms. The van der Waals surface area contributed by atoms with E-state index in [1.807, 2.05) is 17.0 Å². The summed E-state index contributed by atoms with van der Waals surface area (Å²) in [5, 5.41) is 14.2. The second kappa shape index (κ2) is 11.9. The topological polar surface area (TPSA) is 120 Å². The van der Waals surface area contributed by atoms with Crippen molar-refractivity contribution in [3.05, 3.63) is 57.6 Å². The van der Waals surface area contributed by atoms with E-state index in [1.54, 1.807) is 26.4 Å². The lowest BCUT2D eigenvalue weighted by Crippen LogP contribution is -2.31. The number of nitrogens with one attached hydrogen (secondary N) is 1. The number of amides is 1. The summed E-state index contributed by atoms with van der Waals surface area (Å²) < 4.78 is 15.5. The summed E-state index contributed by atoms with van der Waals surface area (Å²) in [4.78, 5) is 37.5. The number of nitro benzene ring substituents is 1. The van der Waals surface area contributed by atoms with Gasteiger partial charge in [-0.2, -0.15) is 0 Å². The van der Waals surface area contributed by atoms with E-state index < -0.39 is 23.4 Å². The average molecular weight is 472 g/mol. The first-order valence-corrected chi connectivity index (χ1v) is 11.1. The van der Waals surface area contributed by atoms with Gasteiger partial charge in [0.2, 0.25) is 0 Å². The largest absolute Gasteiger partial charge is 0.493 e. The van der Waals surface area contributed by atoms with E-state index in [2.05, 4.69) is 5.32 Å². The van der Waals surface area contributed by atoms with Crippen LogP contribution in [0.5, 0.6) is 11.5 Å². The van der Waals surface area contributed by atoms with Crippen molar-refractivity contribution in [2.75, 3.05) is 45.4 Å². The third kappa shape index (κ3) is 6.37. The van der Waals surface area contributed by atoms with Crippen LogP contribution >= 0.6 is 0 Å². The van der Waals surface area contributed by atoms with Gasteiger partial charge in [-0.25, -0.2) is 4.79 Å². The molecule has 2 aromatic rings. The van der Waals surface area contributed by atoms with Gasteiger partial charge in [0.1, 0.15) is 5.69 Å². The number of hydrogen-bond donors (Lipinski definition) is 1. The van der Waals surface area contributed by atoms with Crippen molar-refractivity contribution in [3.8, 4) is 11.5 Å². The lowest BCUT2D eigenvalue weighted by atomic mass is 10.1. The molecule has 3 rings (SSSR count). The van der Waals surface area contributed by atoms with Gasteiger partial charge < -0.3 is 24.4 Å². The van der Waals surface area contributed by atoms with E-state index >= 15 is 0 Å². The summed E-state index contributed by atoms with van der Waals surface area (Å²) in [6, 6.07) is 9.76. The molecule has 1 aliphatic heterocycles. The van der Waals surface area contributed by atoms with Gasteiger partial charge in [0, 0.05) is 25.7 Å². The van der Waals surface area contributed by atoms with Gasteiger partial charge in [0.15, 0.2) is 18.1 Å². The van der Waals surface area contributed by atoms with Crippen molar-refractivity contribution in [3.63, 3.8) is 0 Å². The number of hydrogen-bond acceptors (Lipinski definition) is 8. The molecule has 1 aliphatic rings. The van der Waals surface area contributed by atoms with E-state index in [0.717, 1.165) is 37.9 Å². The molecule has 182 valence electrons. The maximum Gasteiger partial charge on any atom is 0.338 e. The maximum atomic E-state index is 12.4. The highest BCUT2D eigenvalue weighted by atomic mass is 16.6. The zero-order valence-corrected chi connectivity index (χ0v) is 19.4. The van der Waals surface area contributed by atoms with Crippen LogP contribution in [0.15, 0.2) is 36.4 Å². The van der Waals surface area contributed by atoms with Crippen LogP contribution in [0.3, 0.4) is 0 Å². The van der Waals surface area contributed by atoms with Gasteiger partial charge >= 0.3 is 5.97 Å². The first-order valence-electron chi connectivity index (χ1n) is 11.1. The average Bonchev–Trinajstić information content (AvgIpc) is 2.87. The Morgan fingerprint density at radius 2 is 1.76 bits per heavy atom. The predicted octanol–water partition coefficient (Wildman–Crippen LogP) is 3.12. The minimum atomic E-state index is -0.789. The number of anilines is 1. The van der Waals surface area contributed by atoms with Gasteiger partial charge in [0.05, 0.1) is 24.7 Å². The summed E-state index contributed by atoms with van der Waals surface area (Å²) in [5.74, 6) is -0.0383. The van der Waals surface area contributed by atoms with Gasteiger partial charge in [-0.1, -0.05) is 6.07 Å². The molecule has 1 amide bonds. The molecule has 0 radical (unpaired) electrons. The van der Waals surface area contributed by atoms with E-state index in [9.17, 15) is 19.7 Å². The second-order valence-electron chi connectivity index (χ2n) is 7.87. The van der Waals surface area contributed by atoms with Crippen molar-refractivity contribution in [1.82, 2.24) is 5.32 Å². The monoisotopic (exact) mass is 471 g/mol. The first-order chi connectivity index (χ1) is 16.4. The highest BCUT2D eigenvalue weighted by Crippen LogP contribution is 2.31. The van der Waals surface area contributed by atoms with E-state index in [-0.39, 0.29) is 11.3 Å². The summed E-state index contributed by atoms with van der Waals surface area (Å²) in [6.07, 6.45) is 3.60. The van der Waals surface area contributed by atoms with Crippen molar-refractivity contribution in [2.24, 2.45) is 0 Å². The van der Waals surface area contributed by atoms with Gasteiger partial charge in [0.25, 0.3) is 11.6 Å². The molecule has 0 atom stereocenters. The zero-order chi connectivity index (χ0) is 24.5. The summed E-state index contributed by atoms with van der Waals surface area (Å²) in [7, 11) is 3.11. The second-order valence-corrected chi connectivity index (χ2v) is 7.87. The van der Waals surface area contributed by atoms with Crippen molar-refractivity contribution in [2.45, 2.75) is 25.7 Å². The van der Waals surface area contributed by atoms with Crippen LogP contribution in [-0.2, 0) is 16.0 Å². The molecule has 1 fully saturated rings. The smallest absolute Gasteiger partial charge is 0.338 e. The molecular formula is C24H29N3O7. The van der Waals surface area contributed by atoms with Crippen LogP contribution < -0.4 is 19.7 Å². The Bertz CT molecular complexity index is 1040. The first kappa shape index (κ1) is 24.8. The quantitative estimate of drug-likeness (QED) is 0.319. The minimum absolute atomic E-state index is 0.0330. The Kier molecular flexibility index (Phi) is 8.66. The number of ether oxygens (including phenoxy) is 3. The number of benzene rings is 2. The Labute approximate surface area is 197 Å². The summed E-state index contributed by atoms with van der Waals surface area (Å²) in [5.41, 5.74) is 1.33. The minimum Gasteiger partial charge on any atom is -0.493 e. The van der Waals surface area contributed by atoms with Crippen LogP contribution in [0.25, 0.3) is 0 Å². The van der Waals surface area contributed by atoms with Crippen molar-refractivity contribution < 1.29 is 28.7 Å². The fraction of sp³-hybridized carbons (Fsp3) is 0.417. The molecule has 0 unspecified atom stereocenters. The number of piperidine rings is 1. The van der Waals surface area contributed by atoms with E-state index in [4.69, 9.17) is 14.2 Å². The highest BCUT2D eigenvalue weighted by molar-refractivity contribution is 5.93. The Morgan fingerprint density at radius 3 is 2.44 bits per heavy atom. The maximum absolute atomic E-state index is 12.4. The lowest BCUT2D eigenvalue weighted by molar-refractivity contribution is -0.384. The number of rotatable bonds is 10. The third-order valence-corrected chi connectivity index (χ3v) is 5.62. The van der Waals surface area contributed by atoms with Crippen LogP contribution in [0.1, 0.15) is 35.2 Å². The normalized spacial score (nSPS) is 13.2. The molecule has 1 saturated heterocycles. The molecule has 10 nitrogen and oxygen atoms in total. The van der Waals surface area contributed by atoms with Crippen LogP contribution in [0.4, 0.5) is 11.4 Å². The molecule has 0 bridgehead atoms. The fourth-order valence-corrected chi connectivity index (χ4v) is 3.85. The number of nitrogens with zero attached hydrogens (tertiary/aromatic N) is 2. The Morgan fingerprint density at radius 1 is 1.03 bits per heavy atom. The molecular weight excluding hydrogens is 442 g/mol. The molecule has 0 aliphatic carbocycles. The van der Waals surface area contributed by atoms with E-state index in [0.29, 0.717) is 30.2 Å². The molecule has 2 aromatic carbocycles. The fourth-order valence-electron chi connectivity index (χ4n) is 3.85. The SMILES string of the molecule is COc1ccc(CCNC(=O)COC(=O)c2ccc(N3CCCCC3)c([N+](=O)[O-])c2)cc1OC. The number of carbonyl (C=O) groups is 2. The lowest BCUT2D eigenvalue weighted by Gasteiger charge is -2.28. The van der Waals surface area contributed by atoms with E-state index in [1.165, 1.54) is 12.1 Å². The van der Waals surface area contributed by atoms with Crippen LogP contribution in [0.2, 0.25) is 0 Å². The third-order valence-electron chi connectivity index (χ3n) is 5.62. The molecule has 0 aromatic heterocycles. The van der Waals surface area contributed by atoms with Crippen molar-refractivity contribution in [1.29, 1.82) is 0 Å². The highest BCUT2D eigenvalue weighted by Gasteiger charge is 2.23. The zero-order valence-electron chi connectivity index (χ0n) is 19.4. The Balaban J connectivity index is 1.51. The number of nitro groups is 1. The summed E-state index contributed by atoms with van der Waals surface area (Å²) in [6.45, 7) is 1.34. The molecule has 1 N–H and O–H groups in total.